The highest BCUT2D eigenvalue weighted by atomic mass is 32.2. The van der Waals surface area contributed by atoms with Crippen molar-refractivity contribution in [3.05, 3.63) is 0 Å². The molecule has 1 aliphatic heterocycles. The summed E-state index contributed by atoms with van der Waals surface area (Å²) in [5.41, 5.74) is 0. The van der Waals surface area contributed by atoms with Crippen LogP contribution < -0.4 is 5.32 Å². The Bertz CT molecular complexity index is 208. The van der Waals surface area contributed by atoms with Crippen molar-refractivity contribution in [3.8, 4) is 0 Å². The van der Waals surface area contributed by atoms with Gasteiger partial charge in [-0.25, -0.2) is 0 Å². The fourth-order valence-electron chi connectivity index (χ4n) is 2.34. The Kier molecular flexibility index (Phi) is 8.12. The molecule has 0 radical (unpaired) electrons. The predicted molar refractivity (Wildman–Crippen MR) is 76.8 cm³/mol. The summed E-state index contributed by atoms with van der Waals surface area (Å²) in [6.45, 7) is 5.75. The van der Waals surface area contributed by atoms with Gasteiger partial charge >= 0.3 is 0 Å². The lowest BCUT2D eigenvalue weighted by atomic mass is 10.0. The number of nitrogens with one attached hydrogen (secondary N) is 1. The zero-order chi connectivity index (χ0) is 12.5. The van der Waals surface area contributed by atoms with Crippen LogP contribution in [0.3, 0.4) is 0 Å². The van der Waals surface area contributed by atoms with E-state index in [2.05, 4.69) is 19.2 Å². The van der Waals surface area contributed by atoms with E-state index >= 15 is 0 Å². The van der Waals surface area contributed by atoms with E-state index in [0.29, 0.717) is 6.04 Å². The molecule has 102 valence electrons. The third-order valence-electron chi connectivity index (χ3n) is 3.53. The molecule has 1 aliphatic rings. The van der Waals surface area contributed by atoms with Crippen LogP contribution in [0.15, 0.2) is 0 Å². The number of hydrogen-bond donors (Lipinski definition) is 1. The molecular formula is C14H29NOS. The van der Waals surface area contributed by atoms with E-state index in [-0.39, 0.29) is 0 Å². The van der Waals surface area contributed by atoms with Crippen molar-refractivity contribution in [1.82, 2.24) is 5.32 Å². The predicted octanol–water partition coefficient (Wildman–Crippen LogP) is 3.09. The maximum absolute atomic E-state index is 11.2. The molecule has 1 saturated heterocycles. The van der Waals surface area contributed by atoms with E-state index in [1.54, 1.807) is 0 Å². The summed E-state index contributed by atoms with van der Waals surface area (Å²) in [5.74, 6) is 2.68. The van der Waals surface area contributed by atoms with E-state index in [0.717, 1.165) is 36.8 Å². The molecule has 3 heteroatoms. The zero-order valence-electron chi connectivity index (χ0n) is 11.5. The summed E-state index contributed by atoms with van der Waals surface area (Å²) in [7, 11) is -0.517. The third kappa shape index (κ3) is 7.93. The van der Waals surface area contributed by atoms with Gasteiger partial charge < -0.3 is 5.32 Å². The maximum Gasteiger partial charge on any atom is 0.0249 e. The Hall–Kier alpha value is 0.110. The lowest BCUT2D eigenvalue weighted by Gasteiger charge is -2.22. The summed E-state index contributed by atoms with van der Waals surface area (Å²) >= 11 is 0. The number of hydrogen-bond acceptors (Lipinski definition) is 2. The van der Waals surface area contributed by atoms with Crippen LogP contribution >= 0.6 is 0 Å². The van der Waals surface area contributed by atoms with E-state index in [4.69, 9.17) is 0 Å². The van der Waals surface area contributed by atoms with E-state index < -0.39 is 10.8 Å². The minimum absolute atomic E-state index is 0.517. The number of unbranched alkanes of at least 4 members (excludes halogenated alkanes) is 3. The van der Waals surface area contributed by atoms with Crippen molar-refractivity contribution in [2.45, 2.75) is 64.8 Å². The van der Waals surface area contributed by atoms with Gasteiger partial charge in [0, 0.05) is 28.3 Å². The Morgan fingerprint density at radius 1 is 1.12 bits per heavy atom. The summed E-state index contributed by atoms with van der Waals surface area (Å²) in [4.78, 5) is 0. The summed E-state index contributed by atoms with van der Waals surface area (Å²) < 4.78 is 11.2. The smallest absolute Gasteiger partial charge is 0.0249 e. The van der Waals surface area contributed by atoms with Crippen molar-refractivity contribution in [3.63, 3.8) is 0 Å². The van der Waals surface area contributed by atoms with Crippen LogP contribution in [0.2, 0.25) is 0 Å². The maximum atomic E-state index is 11.2. The van der Waals surface area contributed by atoms with E-state index in [9.17, 15) is 4.21 Å². The molecule has 0 atom stereocenters. The topological polar surface area (TPSA) is 29.1 Å². The largest absolute Gasteiger partial charge is 0.314 e. The average Bonchev–Trinajstić information content (AvgIpc) is 2.30. The average molecular weight is 259 g/mol. The molecule has 1 heterocycles. The minimum atomic E-state index is -0.517. The lowest BCUT2D eigenvalue weighted by Crippen LogP contribution is -2.36. The molecule has 0 bridgehead atoms. The molecule has 1 N–H and O–H groups in total. The van der Waals surface area contributed by atoms with Gasteiger partial charge in [-0.2, -0.15) is 0 Å². The molecule has 17 heavy (non-hydrogen) atoms. The zero-order valence-corrected chi connectivity index (χ0v) is 12.4. The van der Waals surface area contributed by atoms with Gasteiger partial charge in [0.05, 0.1) is 0 Å². The molecule has 0 saturated carbocycles. The molecule has 2 nitrogen and oxygen atoms in total. The van der Waals surface area contributed by atoms with Gasteiger partial charge in [0.15, 0.2) is 0 Å². The van der Waals surface area contributed by atoms with Gasteiger partial charge in [-0.15, -0.1) is 0 Å². The van der Waals surface area contributed by atoms with Gasteiger partial charge in [0.1, 0.15) is 0 Å². The van der Waals surface area contributed by atoms with Gasteiger partial charge in [-0.3, -0.25) is 4.21 Å². The Labute approximate surface area is 109 Å². The fourth-order valence-corrected chi connectivity index (χ4v) is 3.63. The van der Waals surface area contributed by atoms with Crippen molar-refractivity contribution >= 4 is 10.8 Å². The molecule has 0 aromatic rings. The molecule has 1 rings (SSSR count). The first-order valence-corrected chi connectivity index (χ1v) is 8.75. The van der Waals surface area contributed by atoms with Crippen LogP contribution in [0.5, 0.6) is 0 Å². The summed E-state index contributed by atoms with van der Waals surface area (Å²) in [6.07, 6.45) is 9.03. The molecule has 0 aromatic heterocycles. The molecule has 0 aliphatic carbocycles. The minimum Gasteiger partial charge on any atom is -0.314 e. The van der Waals surface area contributed by atoms with Crippen molar-refractivity contribution < 1.29 is 4.21 Å². The Balaban J connectivity index is 1.85. The van der Waals surface area contributed by atoms with Crippen LogP contribution in [-0.4, -0.2) is 28.3 Å². The quantitative estimate of drug-likeness (QED) is 0.679. The first kappa shape index (κ1) is 15.2. The second-order valence-electron chi connectivity index (χ2n) is 5.67. The van der Waals surface area contributed by atoms with Crippen LogP contribution in [0.1, 0.15) is 58.8 Å². The molecule has 1 fully saturated rings. The van der Waals surface area contributed by atoms with E-state index in [1.165, 1.54) is 32.1 Å². The summed E-state index contributed by atoms with van der Waals surface area (Å²) in [6, 6.07) is 0.642. The van der Waals surface area contributed by atoms with Crippen LogP contribution in [0.4, 0.5) is 0 Å². The van der Waals surface area contributed by atoms with Crippen LogP contribution in [0.25, 0.3) is 0 Å². The molecule has 0 spiro atoms. The van der Waals surface area contributed by atoms with Crippen molar-refractivity contribution in [1.29, 1.82) is 0 Å². The molecule has 0 unspecified atom stereocenters. The highest BCUT2D eigenvalue weighted by molar-refractivity contribution is 7.85. The number of rotatable bonds is 8. The first-order chi connectivity index (χ1) is 8.18. The van der Waals surface area contributed by atoms with Gasteiger partial charge in [-0.05, 0) is 31.7 Å². The first-order valence-electron chi connectivity index (χ1n) is 7.27. The monoisotopic (exact) mass is 259 g/mol. The highest BCUT2D eigenvalue weighted by Crippen LogP contribution is 2.11. The van der Waals surface area contributed by atoms with Crippen molar-refractivity contribution in [2.75, 3.05) is 18.1 Å². The van der Waals surface area contributed by atoms with Crippen LogP contribution in [0, 0.1) is 5.92 Å². The highest BCUT2D eigenvalue weighted by Gasteiger charge is 2.16. The van der Waals surface area contributed by atoms with Gasteiger partial charge in [0.2, 0.25) is 0 Å². The lowest BCUT2D eigenvalue weighted by molar-refractivity contribution is 0.456. The third-order valence-corrected chi connectivity index (χ3v) is 4.91. The fraction of sp³-hybridized carbons (Fsp3) is 1.00. The second-order valence-corrected chi connectivity index (χ2v) is 7.37. The van der Waals surface area contributed by atoms with E-state index in [1.807, 2.05) is 0 Å². The Morgan fingerprint density at radius 2 is 1.76 bits per heavy atom. The Morgan fingerprint density at radius 3 is 2.41 bits per heavy atom. The van der Waals surface area contributed by atoms with Gasteiger partial charge in [0.25, 0.3) is 0 Å². The molecular weight excluding hydrogens is 230 g/mol. The SMILES string of the molecule is CC(C)CCCCCCNC1CCS(=O)CC1. The summed E-state index contributed by atoms with van der Waals surface area (Å²) in [5, 5.41) is 3.61. The van der Waals surface area contributed by atoms with Gasteiger partial charge in [-0.1, -0.05) is 39.5 Å². The van der Waals surface area contributed by atoms with Crippen LogP contribution in [-0.2, 0) is 10.8 Å². The molecule has 0 aromatic carbocycles. The molecule has 0 amide bonds. The normalized spacial score (nSPS) is 25.4. The standard InChI is InChI=1S/C14H29NOS/c1-13(2)7-5-3-4-6-10-15-14-8-11-17(16)12-9-14/h13-15H,3-12H2,1-2H3. The second kappa shape index (κ2) is 9.09. The van der Waals surface area contributed by atoms with Crippen molar-refractivity contribution in [2.24, 2.45) is 5.92 Å².